The van der Waals surface area contributed by atoms with E-state index in [0.717, 1.165) is 0 Å². The number of hydrogen-bond donors (Lipinski definition) is 1. The number of rotatable bonds is 3. The fourth-order valence-electron chi connectivity index (χ4n) is 2.50. The first-order valence-corrected chi connectivity index (χ1v) is 9.06. The average molecular weight is 452 g/mol. The molecular weight excluding hydrogens is 441 g/mol. The molecule has 3 rings (SSSR count). The first-order chi connectivity index (χ1) is 12.7. The van der Waals surface area contributed by atoms with Crippen LogP contribution in [-0.2, 0) is 16.1 Å². The Kier molecular flexibility index (Phi) is 5.72. The molecule has 27 heavy (non-hydrogen) atoms. The third-order valence-corrected chi connectivity index (χ3v) is 4.66. The average Bonchev–Trinajstić information content (AvgIpc) is 2.59. The molecule has 0 aromatic heterocycles. The summed E-state index contributed by atoms with van der Waals surface area (Å²) in [5, 5.41) is 2.62. The fourth-order valence-corrected chi connectivity index (χ4v) is 2.86. The molecule has 10 heteroatoms. The smallest absolute Gasteiger partial charge is 0.276 e. The van der Waals surface area contributed by atoms with E-state index in [0.29, 0.717) is 11.4 Å². The second kappa shape index (κ2) is 7.72. The van der Waals surface area contributed by atoms with Gasteiger partial charge in [-0.15, -0.1) is 0 Å². The molecular formula is C17H11Cl4FN2O3. The van der Waals surface area contributed by atoms with E-state index in [4.69, 9.17) is 51.1 Å². The molecule has 0 bridgehead atoms. The van der Waals surface area contributed by atoms with E-state index in [1.54, 1.807) is 6.07 Å². The number of alkyl halides is 3. The summed E-state index contributed by atoms with van der Waals surface area (Å²) in [6.07, 6.45) is 0. The molecule has 1 heterocycles. The maximum Gasteiger partial charge on any atom is 0.276 e. The van der Waals surface area contributed by atoms with Crippen LogP contribution in [0.5, 0.6) is 5.75 Å². The molecule has 142 valence electrons. The highest BCUT2D eigenvalue weighted by Crippen LogP contribution is 2.37. The number of carbonyl (C=O) groups is 2. The molecule has 1 aliphatic heterocycles. The van der Waals surface area contributed by atoms with Crippen LogP contribution in [0.3, 0.4) is 0 Å². The van der Waals surface area contributed by atoms with Crippen molar-refractivity contribution in [2.24, 2.45) is 0 Å². The fraction of sp³-hybridized carbons (Fsp3) is 0.176. The molecule has 0 saturated heterocycles. The van der Waals surface area contributed by atoms with Crippen molar-refractivity contribution < 1.29 is 18.7 Å². The molecule has 2 amide bonds. The van der Waals surface area contributed by atoms with Gasteiger partial charge in [0.05, 0.1) is 12.2 Å². The molecule has 0 atom stereocenters. The maximum atomic E-state index is 14.1. The Morgan fingerprint density at radius 2 is 2.00 bits per heavy atom. The van der Waals surface area contributed by atoms with Gasteiger partial charge in [-0.25, -0.2) is 4.39 Å². The first kappa shape index (κ1) is 20.0. The Hall–Kier alpha value is -1.73. The predicted octanol–water partition coefficient (Wildman–Crippen LogP) is 4.71. The van der Waals surface area contributed by atoms with Crippen molar-refractivity contribution >= 4 is 69.6 Å². The van der Waals surface area contributed by atoms with E-state index in [2.05, 4.69) is 5.32 Å². The van der Waals surface area contributed by atoms with Gasteiger partial charge >= 0.3 is 0 Å². The molecule has 0 fully saturated rings. The van der Waals surface area contributed by atoms with Crippen molar-refractivity contribution in [2.45, 2.75) is 10.3 Å². The Morgan fingerprint density at radius 1 is 1.26 bits per heavy atom. The normalized spacial score (nSPS) is 13.8. The van der Waals surface area contributed by atoms with Gasteiger partial charge in [-0.3, -0.25) is 9.59 Å². The van der Waals surface area contributed by atoms with Gasteiger partial charge in [0.2, 0.25) is 0 Å². The molecule has 2 aromatic rings. The van der Waals surface area contributed by atoms with Gasteiger partial charge < -0.3 is 15.0 Å². The molecule has 5 nitrogen and oxygen atoms in total. The summed E-state index contributed by atoms with van der Waals surface area (Å²) in [6.45, 7) is -0.318. The zero-order valence-corrected chi connectivity index (χ0v) is 16.5. The first-order valence-electron chi connectivity index (χ1n) is 7.55. The summed E-state index contributed by atoms with van der Waals surface area (Å²) in [7, 11) is 0. The number of carbonyl (C=O) groups excluding carboxylic acids is 2. The quantitative estimate of drug-likeness (QED) is 0.687. The molecule has 0 saturated carbocycles. The molecule has 0 aliphatic carbocycles. The zero-order chi connectivity index (χ0) is 19.8. The third-order valence-electron chi connectivity index (χ3n) is 3.80. The molecule has 1 aliphatic rings. The largest absolute Gasteiger partial charge is 0.482 e. The number of amides is 2. The number of anilines is 2. The van der Waals surface area contributed by atoms with E-state index in [1.165, 1.54) is 35.2 Å². The van der Waals surface area contributed by atoms with Gasteiger partial charge in [0.15, 0.2) is 6.61 Å². The van der Waals surface area contributed by atoms with Gasteiger partial charge in [0.25, 0.3) is 15.6 Å². The zero-order valence-electron chi connectivity index (χ0n) is 13.4. The molecule has 0 radical (unpaired) electrons. The van der Waals surface area contributed by atoms with Crippen LogP contribution in [0.15, 0.2) is 36.4 Å². The Balaban J connectivity index is 1.95. The number of hydrogen-bond acceptors (Lipinski definition) is 3. The highest BCUT2D eigenvalue weighted by Gasteiger charge is 2.32. The number of nitrogens with zero attached hydrogens (tertiary/aromatic N) is 1. The number of nitrogens with one attached hydrogen (secondary N) is 1. The van der Waals surface area contributed by atoms with E-state index in [9.17, 15) is 14.0 Å². The van der Waals surface area contributed by atoms with E-state index < -0.39 is 21.4 Å². The van der Waals surface area contributed by atoms with Crippen LogP contribution in [0.4, 0.5) is 15.8 Å². The highest BCUT2D eigenvalue weighted by atomic mass is 35.6. The van der Waals surface area contributed by atoms with E-state index >= 15 is 0 Å². The van der Waals surface area contributed by atoms with E-state index in [-0.39, 0.29) is 29.4 Å². The predicted molar refractivity (Wildman–Crippen MR) is 103 cm³/mol. The summed E-state index contributed by atoms with van der Waals surface area (Å²) < 4.78 is 17.4. The Labute approximate surface area is 173 Å². The second-order valence-electron chi connectivity index (χ2n) is 5.60. The number of ether oxygens (including phenoxy) is 1. The van der Waals surface area contributed by atoms with Crippen molar-refractivity contribution in [1.29, 1.82) is 0 Å². The summed E-state index contributed by atoms with van der Waals surface area (Å²) in [5.41, 5.74) is 0.761. The minimum absolute atomic E-state index is 0.109. The van der Waals surface area contributed by atoms with Crippen LogP contribution in [0.1, 0.15) is 5.56 Å². The third kappa shape index (κ3) is 4.41. The lowest BCUT2D eigenvalue weighted by atomic mass is 10.1. The monoisotopic (exact) mass is 450 g/mol. The van der Waals surface area contributed by atoms with Crippen molar-refractivity contribution in [2.75, 3.05) is 16.8 Å². The van der Waals surface area contributed by atoms with Gasteiger partial charge in [-0.1, -0.05) is 52.5 Å². The minimum Gasteiger partial charge on any atom is -0.482 e. The van der Waals surface area contributed by atoms with Crippen LogP contribution in [-0.4, -0.2) is 22.2 Å². The van der Waals surface area contributed by atoms with E-state index in [1.807, 2.05) is 0 Å². The van der Waals surface area contributed by atoms with Gasteiger partial charge in [-0.2, -0.15) is 0 Å². The summed E-state index contributed by atoms with van der Waals surface area (Å²) >= 11 is 22.7. The number of fused-ring (bicyclic) bond motifs is 1. The second-order valence-corrected chi connectivity index (χ2v) is 8.29. The number of halogens is 5. The summed E-state index contributed by atoms with van der Waals surface area (Å²) in [4.78, 5) is 25.5. The van der Waals surface area contributed by atoms with Crippen LogP contribution in [0, 0.1) is 5.82 Å². The lowest BCUT2D eigenvalue weighted by Gasteiger charge is -2.30. The summed E-state index contributed by atoms with van der Waals surface area (Å²) in [6, 6.07) is 8.80. The minimum atomic E-state index is -2.15. The van der Waals surface area contributed by atoms with Crippen LogP contribution < -0.4 is 15.0 Å². The van der Waals surface area contributed by atoms with Crippen molar-refractivity contribution in [3.8, 4) is 5.75 Å². The van der Waals surface area contributed by atoms with Crippen molar-refractivity contribution in [3.63, 3.8) is 0 Å². The molecule has 1 N–H and O–H groups in total. The lowest BCUT2D eigenvalue weighted by Crippen LogP contribution is -2.38. The number of benzene rings is 2. The molecule has 2 aromatic carbocycles. The highest BCUT2D eigenvalue weighted by molar-refractivity contribution is 6.76. The molecule has 0 spiro atoms. The standard InChI is InChI=1S/C17H11Cl4FN2O3/c18-11-2-1-3-12(22)10(11)7-24-13-6-9(23-16(26)17(19,20)21)4-5-14(13)27-8-15(24)25/h1-6H,7-8H2,(H,23,26). The van der Waals surface area contributed by atoms with Crippen molar-refractivity contribution in [3.05, 3.63) is 52.8 Å². The SMILES string of the molecule is O=C1COc2ccc(NC(=O)C(Cl)(Cl)Cl)cc2N1Cc1c(F)cccc1Cl. The summed E-state index contributed by atoms with van der Waals surface area (Å²) in [5.74, 6) is -1.41. The molecule has 0 unspecified atom stereocenters. The topological polar surface area (TPSA) is 58.6 Å². The Morgan fingerprint density at radius 3 is 2.67 bits per heavy atom. The maximum absolute atomic E-state index is 14.1. The van der Waals surface area contributed by atoms with Gasteiger partial charge in [0, 0.05) is 16.3 Å². The van der Waals surface area contributed by atoms with Crippen LogP contribution in [0.2, 0.25) is 5.02 Å². The van der Waals surface area contributed by atoms with Crippen LogP contribution in [0.25, 0.3) is 0 Å². The van der Waals surface area contributed by atoms with Gasteiger partial charge in [0.1, 0.15) is 11.6 Å². The van der Waals surface area contributed by atoms with Gasteiger partial charge in [-0.05, 0) is 30.3 Å². The van der Waals surface area contributed by atoms with Crippen molar-refractivity contribution in [1.82, 2.24) is 0 Å². The lowest BCUT2D eigenvalue weighted by molar-refractivity contribution is -0.121. The Bertz CT molecular complexity index is 897. The van der Waals surface area contributed by atoms with Crippen LogP contribution >= 0.6 is 46.4 Å².